The molecule has 1 unspecified atom stereocenters. The summed E-state index contributed by atoms with van der Waals surface area (Å²) in [5.41, 5.74) is 17.7. The third-order valence-corrected chi connectivity index (χ3v) is 3.02. The van der Waals surface area contributed by atoms with E-state index in [1.54, 1.807) is 0 Å². The number of aliphatic hydroxyl groups excluding tert-OH is 2. The lowest BCUT2D eigenvalue weighted by atomic mass is 10.2. The van der Waals surface area contributed by atoms with Gasteiger partial charge in [0.25, 0.3) is 0 Å². The third-order valence-electron chi connectivity index (χ3n) is 3.02. The van der Waals surface area contributed by atoms with Crippen LogP contribution in [0.15, 0.2) is 12.0 Å². The van der Waals surface area contributed by atoms with Crippen molar-refractivity contribution < 1.29 is 14.9 Å². The number of hydrogen-bond donors (Lipinski definition) is 5. The van der Waals surface area contributed by atoms with Gasteiger partial charge in [-0.15, -0.1) is 0 Å². The van der Waals surface area contributed by atoms with Crippen LogP contribution in [0, 0.1) is 0 Å². The lowest BCUT2D eigenvalue weighted by Gasteiger charge is -2.12. The van der Waals surface area contributed by atoms with Crippen molar-refractivity contribution in [2.45, 2.75) is 12.2 Å². The summed E-state index contributed by atoms with van der Waals surface area (Å²) < 4.78 is 6.80. The summed E-state index contributed by atoms with van der Waals surface area (Å²) in [6.45, 7) is -0.378. The maximum absolute atomic E-state index is 9.82. The van der Waals surface area contributed by atoms with Gasteiger partial charge in [-0.2, -0.15) is 9.97 Å². The number of nitrogen functional groups attached to an aromatic ring is 2. The maximum atomic E-state index is 9.82. The van der Waals surface area contributed by atoms with Gasteiger partial charge in [-0.1, -0.05) is 0 Å². The molecule has 10 nitrogen and oxygen atoms in total. The van der Waals surface area contributed by atoms with Crippen LogP contribution >= 0.6 is 0 Å². The van der Waals surface area contributed by atoms with Crippen molar-refractivity contribution in [3.8, 4) is 0 Å². The second-order valence-electron chi connectivity index (χ2n) is 4.30. The zero-order valence-corrected chi connectivity index (χ0v) is 10.3. The predicted octanol–water partition coefficient (Wildman–Crippen LogP) is -2.17. The Kier molecular flexibility index (Phi) is 2.62. The summed E-state index contributed by atoms with van der Waals surface area (Å²) in [4.78, 5) is 11.9. The number of ether oxygens (including phenoxy) is 1. The molecule has 3 heterocycles. The van der Waals surface area contributed by atoms with Gasteiger partial charge in [-0.3, -0.25) is 4.57 Å². The van der Waals surface area contributed by atoms with Crippen molar-refractivity contribution in [3.63, 3.8) is 0 Å². The molecule has 0 fully saturated rings. The Hall–Kier alpha value is -2.59. The van der Waals surface area contributed by atoms with Crippen molar-refractivity contribution >= 4 is 28.8 Å². The molecule has 106 valence electrons. The molecule has 8 N–H and O–H groups in total. The fourth-order valence-corrected chi connectivity index (χ4v) is 2.02. The molecule has 0 radical (unpaired) electrons. The second kappa shape index (κ2) is 4.21. The van der Waals surface area contributed by atoms with Crippen molar-refractivity contribution in [3.05, 3.63) is 12.0 Å². The molecule has 0 saturated heterocycles. The average Bonchev–Trinajstić information content (AvgIpc) is 2.93. The highest BCUT2D eigenvalue weighted by Gasteiger charge is 2.35. The largest absolute Gasteiger partial charge is 0.468 e. The Balaban J connectivity index is 2.16. The Labute approximate surface area is 112 Å². The number of nitrogens with two attached hydrogens (primary N) is 3. The molecular weight excluding hydrogens is 266 g/mol. The van der Waals surface area contributed by atoms with E-state index in [-0.39, 0.29) is 30.0 Å². The zero-order valence-electron chi connectivity index (χ0n) is 10.3. The first kappa shape index (κ1) is 12.4. The van der Waals surface area contributed by atoms with Gasteiger partial charge in [0.1, 0.15) is 18.1 Å². The summed E-state index contributed by atoms with van der Waals surface area (Å²) in [5.74, 6) is 0.243. The van der Waals surface area contributed by atoms with E-state index in [2.05, 4.69) is 15.0 Å². The van der Waals surface area contributed by atoms with Crippen LogP contribution in [-0.4, -0.2) is 48.5 Å². The number of aliphatic hydroxyl groups is 2. The number of aromatic nitrogens is 4. The van der Waals surface area contributed by atoms with E-state index in [0.717, 1.165) is 0 Å². The zero-order chi connectivity index (χ0) is 14.4. The molecular formula is C10H13N7O3. The van der Waals surface area contributed by atoms with Crippen LogP contribution < -0.4 is 17.2 Å². The van der Waals surface area contributed by atoms with Gasteiger partial charge in [-0.25, -0.2) is 4.98 Å². The molecule has 2 aromatic rings. The fourth-order valence-electron chi connectivity index (χ4n) is 2.02. The van der Waals surface area contributed by atoms with Crippen molar-refractivity contribution in [1.82, 2.24) is 19.5 Å². The minimum atomic E-state index is -1.11. The molecule has 0 bridgehead atoms. The first-order valence-corrected chi connectivity index (χ1v) is 5.74. The molecule has 1 aliphatic rings. The van der Waals surface area contributed by atoms with Crippen molar-refractivity contribution in [1.29, 1.82) is 0 Å². The SMILES string of the molecule is NC1=C(n2cnc3c(N)nc(N)nc32)O[C@H](CO)C1O. The topological polar surface area (TPSA) is 171 Å². The minimum Gasteiger partial charge on any atom is -0.468 e. The van der Waals surface area contributed by atoms with E-state index in [0.29, 0.717) is 11.2 Å². The number of rotatable bonds is 2. The molecule has 0 saturated carbocycles. The smallest absolute Gasteiger partial charge is 0.224 e. The van der Waals surface area contributed by atoms with E-state index in [4.69, 9.17) is 27.0 Å². The maximum Gasteiger partial charge on any atom is 0.224 e. The molecule has 0 aromatic carbocycles. The van der Waals surface area contributed by atoms with Crippen LogP contribution in [0.2, 0.25) is 0 Å². The summed E-state index contributed by atoms with van der Waals surface area (Å²) in [5, 5.41) is 18.9. The van der Waals surface area contributed by atoms with Crippen molar-refractivity contribution in [2.24, 2.45) is 5.73 Å². The summed E-state index contributed by atoms with van der Waals surface area (Å²) in [6.07, 6.45) is -0.563. The molecule has 10 heteroatoms. The van der Waals surface area contributed by atoms with Crippen LogP contribution in [0.3, 0.4) is 0 Å². The molecule has 1 aliphatic heterocycles. The first-order chi connectivity index (χ1) is 9.52. The van der Waals surface area contributed by atoms with Gasteiger partial charge in [0, 0.05) is 0 Å². The molecule has 2 aromatic heterocycles. The van der Waals surface area contributed by atoms with Gasteiger partial charge in [-0.05, 0) is 0 Å². The van der Waals surface area contributed by atoms with E-state index >= 15 is 0 Å². The first-order valence-electron chi connectivity index (χ1n) is 5.74. The number of hydrogen-bond acceptors (Lipinski definition) is 9. The van der Waals surface area contributed by atoms with E-state index < -0.39 is 12.2 Å². The van der Waals surface area contributed by atoms with Crippen LogP contribution in [0.4, 0.5) is 11.8 Å². The highest BCUT2D eigenvalue weighted by Crippen LogP contribution is 2.29. The van der Waals surface area contributed by atoms with Gasteiger partial charge in [0.05, 0.1) is 6.61 Å². The van der Waals surface area contributed by atoms with Crippen LogP contribution in [0.1, 0.15) is 0 Å². The number of imidazole rings is 1. The minimum absolute atomic E-state index is 0.0202. The Bertz CT molecular complexity index is 710. The molecule has 3 rings (SSSR count). The molecule has 0 aliphatic carbocycles. The van der Waals surface area contributed by atoms with Crippen LogP contribution in [0.25, 0.3) is 17.0 Å². The van der Waals surface area contributed by atoms with Crippen LogP contribution in [-0.2, 0) is 4.74 Å². The van der Waals surface area contributed by atoms with E-state index in [1.165, 1.54) is 10.9 Å². The predicted molar refractivity (Wildman–Crippen MR) is 69.5 cm³/mol. The highest BCUT2D eigenvalue weighted by molar-refractivity contribution is 5.84. The number of fused-ring (bicyclic) bond motifs is 1. The molecule has 0 spiro atoms. The summed E-state index contributed by atoms with van der Waals surface area (Å²) in [7, 11) is 0. The van der Waals surface area contributed by atoms with E-state index in [1.807, 2.05) is 0 Å². The standard InChI is InChI=1S/C10H13N7O3/c11-4-6(19)3(1-18)20-9(4)17-2-14-5-7(12)15-10(13)16-8(5)17/h2-3,6,18-19H,1,11H2,(H4,12,13,15,16)/t3-,6?/m1/s1. The summed E-state index contributed by atoms with van der Waals surface area (Å²) in [6, 6.07) is 0. The Morgan fingerprint density at radius 2 is 2.05 bits per heavy atom. The normalized spacial score (nSPS) is 22.5. The van der Waals surface area contributed by atoms with Gasteiger partial charge >= 0.3 is 0 Å². The van der Waals surface area contributed by atoms with Gasteiger partial charge < -0.3 is 32.2 Å². The highest BCUT2D eigenvalue weighted by atomic mass is 16.5. The fraction of sp³-hybridized carbons (Fsp3) is 0.300. The van der Waals surface area contributed by atoms with Gasteiger partial charge in [0.2, 0.25) is 11.8 Å². The Morgan fingerprint density at radius 3 is 2.70 bits per heavy atom. The lowest BCUT2D eigenvalue weighted by molar-refractivity contribution is 0.0230. The van der Waals surface area contributed by atoms with Crippen LogP contribution in [0.5, 0.6) is 0 Å². The number of anilines is 2. The molecule has 2 atom stereocenters. The monoisotopic (exact) mass is 279 g/mol. The summed E-state index contributed by atoms with van der Waals surface area (Å²) >= 11 is 0. The second-order valence-corrected chi connectivity index (χ2v) is 4.30. The van der Waals surface area contributed by atoms with E-state index in [9.17, 15) is 5.11 Å². The quantitative estimate of drug-likeness (QED) is 0.410. The number of nitrogens with zero attached hydrogens (tertiary/aromatic N) is 4. The average molecular weight is 279 g/mol. The Morgan fingerprint density at radius 1 is 1.30 bits per heavy atom. The molecule has 20 heavy (non-hydrogen) atoms. The van der Waals surface area contributed by atoms with Crippen molar-refractivity contribution in [2.75, 3.05) is 18.1 Å². The van der Waals surface area contributed by atoms with Gasteiger partial charge in [0.15, 0.2) is 23.1 Å². The molecule has 0 amide bonds. The third kappa shape index (κ3) is 1.62. The lowest BCUT2D eigenvalue weighted by Crippen LogP contribution is -2.29.